The van der Waals surface area contributed by atoms with E-state index in [1.165, 1.54) is 5.56 Å². The Kier molecular flexibility index (Phi) is 3.90. The molecule has 1 unspecified atom stereocenters. The summed E-state index contributed by atoms with van der Waals surface area (Å²) in [7, 11) is 0. The van der Waals surface area contributed by atoms with E-state index in [2.05, 4.69) is 34.0 Å². The molecule has 0 saturated carbocycles. The van der Waals surface area contributed by atoms with E-state index in [9.17, 15) is 0 Å². The summed E-state index contributed by atoms with van der Waals surface area (Å²) in [4.78, 5) is 0. The minimum Gasteiger partial charge on any atom is -0.319 e. The summed E-state index contributed by atoms with van der Waals surface area (Å²) < 4.78 is 2.94. The number of aromatic nitrogens is 2. The van der Waals surface area contributed by atoms with Crippen molar-refractivity contribution >= 4 is 15.9 Å². The Morgan fingerprint density at radius 2 is 1.81 bits per heavy atom. The molecule has 0 aliphatic carbocycles. The van der Waals surface area contributed by atoms with Crippen LogP contribution in [0.25, 0.3) is 5.69 Å². The molecule has 1 aromatic heterocycles. The van der Waals surface area contributed by atoms with Crippen molar-refractivity contribution in [1.82, 2.24) is 9.78 Å². The topological polar surface area (TPSA) is 43.8 Å². The molecule has 2 aromatic carbocycles. The Hall–Kier alpha value is -1.91. The van der Waals surface area contributed by atoms with Gasteiger partial charge in [-0.05, 0) is 36.2 Å². The molecule has 0 aliphatic heterocycles. The molecule has 21 heavy (non-hydrogen) atoms. The fourth-order valence-corrected chi connectivity index (χ4v) is 2.91. The molecule has 0 spiro atoms. The SMILES string of the molecule is Cc1cccc(C(N)c2ccnn2-c2ccccc2)c1Br. The van der Waals surface area contributed by atoms with Crippen molar-refractivity contribution in [2.24, 2.45) is 5.73 Å². The number of nitrogens with two attached hydrogens (primary N) is 1. The summed E-state index contributed by atoms with van der Waals surface area (Å²) in [6.07, 6.45) is 1.78. The number of nitrogens with zero attached hydrogens (tertiary/aromatic N) is 2. The van der Waals surface area contributed by atoms with Crippen LogP contribution in [-0.2, 0) is 0 Å². The fraction of sp³-hybridized carbons (Fsp3) is 0.118. The van der Waals surface area contributed by atoms with Crippen LogP contribution in [0.4, 0.5) is 0 Å². The predicted octanol–water partition coefficient (Wildman–Crippen LogP) is 3.99. The highest BCUT2D eigenvalue weighted by atomic mass is 79.9. The first-order chi connectivity index (χ1) is 10.2. The van der Waals surface area contributed by atoms with Gasteiger partial charge in [-0.25, -0.2) is 4.68 Å². The van der Waals surface area contributed by atoms with Crippen LogP contribution in [-0.4, -0.2) is 9.78 Å². The zero-order chi connectivity index (χ0) is 14.8. The minimum atomic E-state index is -0.234. The molecule has 1 atom stereocenters. The van der Waals surface area contributed by atoms with Crippen molar-refractivity contribution in [3.05, 3.63) is 82.1 Å². The maximum absolute atomic E-state index is 6.48. The van der Waals surface area contributed by atoms with E-state index in [1.807, 2.05) is 53.2 Å². The lowest BCUT2D eigenvalue weighted by atomic mass is 10.0. The summed E-state index contributed by atoms with van der Waals surface area (Å²) in [5.74, 6) is 0. The first kappa shape index (κ1) is 14.0. The van der Waals surface area contributed by atoms with Gasteiger partial charge in [0.05, 0.1) is 17.4 Å². The van der Waals surface area contributed by atoms with Crippen LogP contribution >= 0.6 is 15.9 Å². The Bertz CT molecular complexity index is 750. The average Bonchev–Trinajstić information content (AvgIpc) is 3.00. The van der Waals surface area contributed by atoms with Crippen LogP contribution in [0.15, 0.2) is 65.3 Å². The van der Waals surface area contributed by atoms with Gasteiger partial charge in [-0.15, -0.1) is 0 Å². The van der Waals surface area contributed by atoms with Crippen LogP contribution < -0.4 is 5.73 Å². The summed E-state index contributed by atoms with van der Waals surface area (Å²) in [5.41, 5.74) is 10.7. The molecule has 0 saturated heterocycles. The number of rotatable bonds is 3. The normalized spacial score (nSPS) is 12.3. The standard InChI is InChI=1S/C17H16BrN3/c1-12-6-5-9-14(16(12)18)17(19)15-10-11-20-21(15)13-7-3-2-4-8-13/h2-11,17H,19H2,1H3. The molecule has 3 nitrogen and oxygen atoms in total. The number of benzene rings is 2. The molecule has 0 fully saturated rings. The maximum Gasteiger partial charge on any atom is 0.0738 e. The average molecular weight is 342 g/mol. The lowest BCUT2D eigenvalue weighted by Crippen LogP contribution is -2.17. The molecule has 0 amide bonds. The van der Waals surface area contributed by atoms with Crippen LogP contribution in [0.3, 0.4) is 0 Å². The molecule has 1 heterocycles. The van der Waals surface area contributed by atoms with E-state index in [0.29, 0.717) is 0 Å². The summed E-state index contributed by atoms with van der Waals surface area (Å²) >= 11 is 3.64. The van der Waals surface area contributed by atoms with Gasteiger partial charge < -0.3 is 5.73 Å². The highest BCUT2D eigenvalue weighted by molar-refractivity contribution is 9.10. The Morgan fingerprint density at radius 3 is 2.57 bits per heavy atom. The lowest BCUT2D eigenvalue weighted by Gasteiger charge is -2.17. The zero-order valence-corrected chi connectivity index (χ0v) is 13.3. The lowest BCUT2D eigenvalue weighted by molar-refractivity contribution is 0.736. The molecule has 0 aliphatic rings. The van der Waals surface area contributed by atoms with Crippen molar-refractivity contribution in [1.29, 1.82) is 0 Å². The highest BCUT2D eigenvalue weighted by Gasteiger charge is 2.17. The third kappa shape index (κ3) is 2.64. The Morgan fingerprint density at radius 1 is 1.05 bits per heavy atom. The van der Waals surface area contributed by atoms with Gasteiger partial charge in [0.2, 0.25) is 0 Å². The van der Waals surface area contributed by atoms with Gasteiger partial charge in [0.15, 0.2) is 0 Å². The largest absolute Gasteiger partial charge is 0.319 e. The molecular formula is C17H16BrN3. The second-order valence-electron chi connectivity index (χ2n) is 4.96. The fourth-order valence-electron chi connectivity index (χ4n) is 2.40. The molecule has 4 heteroatoms. The van der Waals surface area contributed by atoms with Crippen LogP contribution in [0.5, 0.6) is 0 Å². The number of halogens is 1. The van der Waals surface area contributed by atoms with Gasteiger partial charge in [0.1, 0.15) is 0 Å². The quantitative estimate of drug-likeness (QED) is 0.782. The third-order valence-corrected chi connectivity index (χ3v) is 4.63. The van der Waals surface area contributed by atoms with E-state index in [-0.39, 0.29) is 6.04 Å². The van der Waals surface area contributed by atoms with Gasteiger partial charge in [0, 0.05) is 10.7 Å². The van der Waals surface area contributed by atoms with Crippen LogP contribution in [0.1, 0.15) is 22.9 Å². The van der Waals surface area contributed by atoms with Gasteiger partial charge in [0.25, 0.3) is 0 Å². The molecular weight excluding hydrogens is 326 g/mol. The van der Waals surface area contributed by atoms with E-state index >= 15 is 0 Å². The van der Waals surface area contributed by atoms with Gasteiger partial charge >= 0.3 is 0 Å². The van der Waals surface area contributed by atoms with Gasteiger partial charge in [-0.3, -0.25) is 0 Å². The molecule has 0 radical (unpaired) electrons. The van der Waals surface area contributed by atoms with Crippen molar-refractivity contribution in [2.75, 3.05) is 0 Å². The Labute approximate surface area is 132 Å². The molecule has 106 valence electrons. The number of hydrogen-bond acceptors (Lipinski definition) is 2. The van der Waals surface area contributed by atoms with Crippen LogP contribution in [0, 0.1) is 6.92 Å². The van der Waals surface area contributed by atoms with E-state index in [0.717, 1.165) is 21.4 Å². The maximum atomic E-state index is 6.48. The molecule has 0 bridgehead atoms. The second-order valence-corrected chi connectivity index (χ2v) is 5.75. The van der Waals surface area contributed by atoms with E-state index in [1.54, 1.807) is 6.20 Å². The zero-order valence-electron chi connectivity index (χ0n) is 11.7. The van der Waals surface area contributed by atoms with E-state index < -0.39 is 0 Å². The summed E-state index contributed by atoms with van der Waals surface area (Å²) in [5, 5.41) is 4.41. The van der Waals surface area contributed by atoms with Crippen molar-refractivity contribution < 1.29 is 0 Å². The number of para-hydroxylation sites is 1. The minimum absolute atomic E-state index is 0.234. The highest BCUT2D eigenvalue weighted by Crippen LogP contribution is 2.30. The van der Waals surface area contributed by atoms with Crippen molar-refractivity contribution in [3.63, 3.8) is 0 Å². The molecule has 2 N–H and O–H groups in total. The third-order valence-electron chi connectivity index (χ3n) is 3.55. The first-order valence-corrected chi connectivity index (χ1v) is 7.57. The van der Waals surface area contributed by atoms with Gasteiger partial charge in [-0.1, -0.05) is 52.3 Å². The summed E-state index contributed by atoms with van der Waals surface area (Å²) in [6, 6.07) is 17.9. The van der Waals surface area contributed by atoms with Crippen molar-refractivity contribution in [2.45, 2.75) is 13.0 Å². The first-order valence-electron chi connectivity index (χ1n) is 6.78. The molecule has 3 aromatic rings. The molecule has 3 rings (SSSR count). The summed E-state index contributed by atoms with van der Waals surface area (Å²) in [6.45, 7) is 2.06. The van der Waals surface area contributed by atoms with Crippen molar-refractivity contribution in [3.8, 4) is 5.69 Å². The number of aryl methyl sites for hydroxylation is 1. The monoisotopic (exact) mass is 341 g/mol. The Balaban J connectivity index is 2.06. The second kappa shape index (κ2) is 5.84. The predicted molar refractivity (Wildman–Crippen MR) is 88.5 cm³/mol. The number of hydrogen-bond donors (Lipinski definition) is 1. The smallest absolute Gasteiger partial charge is 0.0738 e. The van der Waals surface area contributed by atoms with Crippen LogP contribution in [0.2, 0.25) is 0 Å². The van der Waals surface area contributed by atoms with E-state index in [4.69, 9.17) is 5.73 Å². The van der Waals surface area contributed by atoms with Gasteiger partial charge in [-0.2, -0.15) is 5.10 Å².